The maximum Gasteiger partial charge on any atom is 0.224 e. The van der Waals surface area contributed by atoms with Gasteiger partial charge in [-0.25, -0.2) is 4.98 Å². The van der Waals surface area contributed by atoms with Crippen LogP contribution in [0.4, 0.5) is 0 Å². The van der Waals surface area contributed by atoms with Crippen molar-refractivity contribution in [1.82, 2.24) is 20.2 Å². The minimum Gasteiger partial charge on any atom is -0.356 e. The molecule has 0 spiro atoms. The zero-order valence-electron chi connectivity index (χ0n) is 15.6. The van der Waals surface area contributed by atoms with Gasteiger partial charge in [0.2, 0.25) is 11.8 Å². The second-order valence-corrected chi connectivity index (χ2v) is 7.44. The number of nitrogens with one attached hydrogen (secondary N) is 2. The van der Waals surface area contributed by atoms with Crippen LogP contribution in [0.15, 0.2) is 18.7 Å². The molecule has 1 rings (SSSR count). The number of carbonyl (C=O) groups excluding carboxylic acids is 2. The maximum atomic E-state index is 12.5. The van der Waals surface area contributed by atoms with E-state index in [4.69, 9.17) is 0 Å². The zero-order valence-corrected chi connectivity index (χ0v) is 15.6. The molecule has 0 aliphatic rings. The Bertz CT molecular complexity index is 506. The van der Waals surface area contributed by atoms with Crippen molar-refractivity contribution in [3.8, 4) is 0 Å². The number of amides is 2. The summed E-state index contributed by atoms with van der Waals surface area (Å²) in [5, 5.41) is 5.92. The largest absolute Gasteiger partial charge is 0.356 e. The van der Waals surface area contributed by atoms with Crippen LogP contribution in [0.5, 0.6) is 0 Å². The number of aromatic nitrogens is 2. The molecule has 1 aromatic rings. The Morgan fingerprint density at radius 2 is 2.00 bits per heavy atom. The summed E-state index contributed by atoms with van der Waals surface area (Å²) in [6.45, 7) is 11.4. The smallest absolute Gasteiger partial charge is 0.224 e. The van der Waals surface area contributed by atoms with Gasteiger partial charge in [0.15, 0.2) is 0 Å². The molecule has 2 atom stereocenters. The average molecular weight is 336 g/mol. The van der Waals surface area contributed by atoms with Gasteiger partial charge in [0.05, 0.1) is 12.2 Å². The first-order chi connectivity index (χ1) is 11.2. The van der Waals surface area contributed by atoms with E-state index in [-0.39, 0.29) is 35.6 Å². The SMILES string of the molecule is CCC(C)NC(=O)CC(C(=O)NCCCn1ccnc1)C(C)(C)C. The third kappa shape index (κ3) is 7.15. The monoisotopic (exact) mass is 336 g/mol. The maximum absolute atomic E-state index is 12.5. The average Bonchev–Trinajstić information content (AvgIpc) is 3.01. The number of rotatable bonds is 9. The van der Waals surface area contributed by atoms with E-state index in [0.29, 0.717) is 6.54 Å². The quantitative estimate of drug-likeness (QED) is 0.680. The highest BCUT2D eigenvalue weighted by Crippen LogP contribution is 2.29. The number of hydrogen-bond acceptors (Lipinski definition) is 3. The fourth-order valence-corrected chi connectivity index (χ4v) is 2.43. The lowest BCUT2D eigenvalue weighted by atomic mass is 9.78. The summed E-state index contributed by atoms with van der Waals surface area (Å²) >= 11 is 0. The Hall–Kier alpha value is -1.85. The molecule has 2 N–H and O–H groups in total. The van der Waals surface area contributed by atoms with Crippen LogP contribution < -0.4 is 10.6 Å². The van der Waals surface area contributed by atoms with Crippen LogP contribution in [0.25, 0.3) is 0 Å². The molecule has 1 heterocycles. The van der Waals surface area contributed by atoms with Crippen molar-refractivity contribution in [2.75, 3.05) is 6.54 Å². The highest BCUT2D eigenvalue weighted by atomic mass is 16.2. The highest BCUT2D eigenvalue weighted by Gasteiger charge is 2.33. The van der Waals surface area contributed by atoms with Crippen molar-refractivity contribution in [1.29, 1.82) is 0 Å². The fourth-order valence-electron chi connectivity index (χ4n) is 2.43. The van der Waals surface area contributed by atoms with Crippen LogP contribution in [-0.2, 0) is 16.1 Å². The van der Waals surface area contributed by atoms with Gasteiger partial charge >= 0.3 is 0 Å². The van der Waals surface area contributed by atoms with E-state index >= 15 is 0 Å². The molecule has 136 valence electrons. The minimum atomic E-state index is -0.338. The predicted molar refractivity (Wildman–Crippen MR) is 95.3 cm³/mol. The molecule has 2 amide bonds. The number of nitrogens with zero attached hydrogens (tertiary/aromatic N) is 2. The topological polar surface area (TPSA) is 76.0 Å². The van der Waals surface area contributed by atoms with Crippen molar-refractivity contribution in [3.05, 3.63) is 18.7 Å². The van der Waals surface area contributed by atoms with Gasteiger partial charge in [-0.3, -0.25) is 9.59 Å². The summed E-state index contributed by atoms with van der Waals surface area (Å²) in [4.78, 5) is 28.7. The van der Waals surface area contributed by atoms with Crippen molar-refractivity contribution in [3.63, 3.8) is 0 Å². The molecular formula is C18H32N4O2. The van der Waals surface area contributed by atoms with Gasteiger partial charge in [0.1, 0.15) is 0 Å². The van der Waals surface area contributed by atoms with Crippen LogP contribution in [0, 0.1) is 11.3 Å². The van der Waals surface area contributed by atoms with E-state index in [0.717, 1.165) is 19.4 Å². The van der Waals surface area contributed by atoms with Crippen LogP contribution >= 0.6 is 0 Å². The normalized spacial score (nSPS) is 14.0. The summed E-state index contributed by atoms with van der Waals surface area (Å²) in [6, 6.07) is 0.136. The van der Waals surface area contributed by atoms with E-state index in [1.165, 1.54) is 0 Å². The first-order valence-electron chi connectivity index (χ1n) is 8.76. The molecule has 0 saturated heterocycles. The first kappa shape index (κ1) is 20.2. The molecular weight excluding hydrogens is 304 g/mol. The van der Waals surface area contributed by atoms with E-state index in [1.54, 1.807) is 12.5 Å². The molecule has 24 heavy (non-hydrogen) atoms. The number of imidazole rings is 1. The molecule has 6 heteroatoms. The summed E-state index contributed by atoms with van der Waals surface area (Å²) in [6.07, 6.45) is 7.34. The van der Waals surface area contributed by atoms with Gasteiger partial charge < -0.3 is 15.2 Å². The molecule has 0 aromatic carbocycles. The third-order valence-electron chi connectivity index (χ3n) is 4.22. The Balaban J connectivity index is 2.48. The van der Waals surface area contributed by atoms with E-state index in [9.17, 15) is 9.59 Å². The van der Waals surface area contributed by atoms with Gasteiger partial charge in [0.25, 0.3) is 0 Å². The van der Waals surface area contributed by atoms with Gasteiger partial charge in [-0.15, -0.1) is 0 Å². The van der Waals surface area contributed by atoms with E-state index in [1.807, 2.05) is 45.4 Å². The second-order valence-electron chi connectivity index (χ2n) is 7.44. The van der Waals surface area contributed by atoms with Crippen LogP contribution in [0.1, 0.15) is 53.9 Å². The van der Waals surface area contributed by atoms with Crippen LogP contribution in [0.2, 0.25) is 0 Å². The molecule has 6 nitrogen and oxygen atoms in total. The number of carbonyl (C=O) groups is 2. The molecule has 0 aliphatic heterocycles. The Morgan fingerprint density at radius 1 is 1.29 bits per heavy atom. The Labute approximate surface area is 145 Å². The summed E-state index contributed by atoms with van der Waals surface area (Å²) in [7, 11) is 0. The van der Waals surface area contributed by atoms with Gasteiger partial charge in [-0.05, 0) is 25.2 Å². The lowest BCUT2D eigenvalue weighted by Crippen LogP contribution is -2.42. The van der Waals surface area contributed by atoms with Crippen molar-refractivity contribution in [2.45, 2.75) is 66.5 Å². The summed E-state index contributed by atoms with van der Waals surface area (Å²) < 4.78 is 1.98. The van der Waals surface area contributed by atoms with Gasteiger partial charge in [-0.1, -0.05) is 27.7 Å². The molecule has 0 aliphatic carbocycles. The predicted octanol–water partition coefficient (Wildman–Crippen LogP) is 2.36. The second kappa shape index (κ2) is 9.45. The van der Waals surface area contributed by atoms with E-state index < -0.39 is 0 Å². The lowest BCUT2D eigenvalue weighted by Gasteiger charge is -2.29. The van der Waals surface area contributed by atoms with Crippen LogP contribution in [-0.4, -0.2) is 34.0 Å². The fraction of sp³-hybridized carbons (Fsp3) is 0.722. The molecule has 0 bridgehead atoms. The first-order valence-corrected chi connectivity index (χ1v) is 8.76. The number of aryl methyl sites for hydroxylation is 1. The number of hydrogen-bond donors (Lipinski definition) is 2. The zero-order chi connectivity index (χ0) is 18.2. The standard InChI is InChI=1S/C18H32N4O2/c1-6-14(2)21-16(23)12-15(18(3,4)5)17(24)20-8-7-10-22-11-9-19-13-22/h9,11,13-15H,6-8,10,12H2,1-5H3,(H,20,24)(H,21,23). The lowest BCUT2D eigenvalue weighted by molar-refractivity contribution is -0.134. The Kier molecular flexibility index (Phi) is 7.95. The molecule has 0 saturated carbocycles. The third-order valence-corrected chi connectivity index (χ3v) is 4.22. The van der Waals surface area contributed by atoms with Crippen molar-refractivity contribution in [2.24, 2.45) is 11.3 Å². The molecule has 2 unspecified atom stereocenters. The molecule has 0 radical (unpaired) electrons. The molecule has 1 aromatic heterocycles. The summed E-state index contributed by atoms with van der Waals surface area (Å²) in [5.74, 6) is -0.444. The van der Waals surface area contributed by atoms with E-state index in [2.05, 4.69) is 15.6 Å². The van der Waals surface area contributed by atoms with Crippen LogP contribution in [0.3, 0.4) is 0 Å². The van der Waals surface area contributed by atoms with Crippen molar-refractivity contribution >= 4 is 11.8 Å². The van der Waals surface area contributed by atoms with Gasteiger partial charge in [-0.2, -0.15) is 0 Å². The minimum absolute atomic E-state index is 0.0487. The van der Waals surface area contributed by atoms with Crippen molar-refractivity contribution < 1.29 is 9.59 Å². The highest BCUT2D eigenvalue weighted by molar-refractivity contribution is 5.86. The molecule has 0 fully saturated rings. The van der Waals surface area contributed by atoms with Gasteiger partial charge in [0, 0.05) is 37.9 Å². The Morgan fingerprint density at radius 3 is 2.54 bits per heavy atom. The summed E-state index contributed by atoms with van der Waals surface area (Å²) in [5.41, 5.74) is -0.263.